The topological polar surface area (TPSA) is 156 Å². The van der Waals surface area contributed by atoms with Gasteiger partial charge in [0.1, 0.15) is 11.5 Å². The largest absolute Gasteiger partial charge is 0.399 e. The van der Waals surface area contributed by atoms with Gasteiger partial charge in [0.15, 0.2) is 0 Å². The minimum Gasteiger partial charge on any atom is -0.399 e. The maximum absolute atomic E-state index is 13.4. The molecule has 0 spiro atoms. The molecule has 1 aliphatic carbocycles. The van der Waals surface area contributed by atoms with Crippen LogP contribution in [0.3, 0.4) is 0 Å². The number of nitrogens with zero attached hydrogens (tertiary/aromatic N) is 1. The molecule has 1 aromatic heterocycles. The molecule has 0 bridgehead atoms. The Kier molecular flexibility index (Phi) is 7.15. The van der Waals surface area contributed by atoms with Crippen LogP contribution in [0, 0.1) is 5.41 Å². The molecule has 184 valence electrons. The van der Waals surface area contributed by atoms with Gasteiger partial charge < -0.3 is 21.4 Å². The van der Waals surface area contributed by atoms with E-state index in [1.807, 2.05) is 0 Å². The molecule has 1 saturated carbocycles. The number of nitrogens with one attached hydrogen (secondary N) is 3. The standard InChI is InChI=1S/C24H27ClN6O3S/c25-20-14-21(30-18-5-2-6-18)24(32)31(22(20)16-3-1-4-17(26)13-16)12-11-29-35(33,34)19-9-7-15(8-10-19)23(27)28/h1,3-4,7-10,13-14,18,29-30H,2,5-6,11-12,26H2,(H3,27,28). The number of benzene rings is 2. The summed E-state index contributed by atoms with van der Waals surface area (Å²) in [6.07, 6.45) is 3.07. The SMILES string of the molecule is N=C(N)c1ccc(S(=O)(=O)NCCn2c(-c3cccc(N)c3)c(Cl)cc(NC3CCC3)c2=O)cc1. The molecule has 3 aromatic rings. The lowest BCUT2D eigenvalue weighted by Gasteiger charge is -2.28. The summed E-state index contributed by atoms with van der Waals surface area (Å²) in [6, 6.07) is 14.6. The zero-order valence-electron chi connectivity index (χ0n) is 18.9. The third-order valence-corrected chi connectivity index (χ3v) is 7.74. The van der Waals surface area contributed by atoms with Crippen LogP contribution in [0.15, 0.2) is 64.3 Å². The maximum Gasteiger partial charge on any atom is 0.274 e. The van der Waals surface area contributed by atoms with E-state index in [9.17, 15) is 13.2 Å². The van der Waals surface area contributed by atoms with Crippen molar-refractivity contribution in [3.8, 4) is 11.3 Å². The molecule has 4 rings (SSSR count). The van der Waals surface area contributed by atoms with E-state index < -0.39 is 10.0 Å². The van der Waals surface area contributed by atoms with Gasteiger partial charge in [0.25, 0.3) is 5.56 Å². The first-order valence-electron chi connectivity index (χ1n) is 11.2. The van der Waals surface area contributed by atoms with Gasteiger partial charge in [-0.15, -0.1) is 0 Å². The first kappa shape index (κ1) is 24.8. The molecular weight excluding hydrogens is 488 g/mol. The molecule has 11 heteroatoms. The lowest BCUT2D eigenvalue weighted by molar-refractivity contribution is 0.444. The Hall–Kier alpha value is -3.34. The van der Waals surface area contributed by atoms with E-state index in [1.165, 1.54) is 28.8 Å². The number of amidine groups is 1. The van der Waals surface area contributed by atoms with Crippen molar-refractivity contribution < 1.29 is 8.42 Å². The molecule has 7 N–H and O–H groups in total. The summed E-state index contributed by atoms with van der Waals surface area (Å²) in [5.74, 6) is -0.150. The van der Waals surface area contributed by atoms with E-state index in [1.54, 1.807) is 30.3 Å². The number of nitrogens with two attached hydrogens (primary N) is 2. The van der Waals surface area contributed by atoms with Crippen LogP contribution in [-0.4, -0.2) is 31.4 Å². The van der Waals surface area contributed by atoms with Crippen LogP contribution in [0.2, 0.25) is 5.02 Å². The van der Waals surface area contributed by atoms with Crippen LogP contribution in [0.25, 0.3) is 11.3 Å². The average molecular weight is 515 g/mol. The van der Waals surface area contributed by atoms with Gasteiger partial charge in [-0.05, 0) is 61.7 Å². The fraction of sp³-hybridized carbons (Fsp3) is 0.250. The second-order valence-electron chi connectivity index (χ2n) is 8.44. The van der Waals surface area contributed by atoms with Crippen molar-refractivity contribution in [2.75, 3.05) is 17.6 Å². The summed E-state index contributed by atoms with van der Waals surface area (Å²) < 4.78 is 29.6. The summed E-state index contributed by atoms with van der Waals surface area (Å²) in [5.41, 5.74) is 13.5. The number of hydrogen-bond acceptors (Lipinski definition) is 6. The highest BCUT2D eigenvalue weighted by molar-refractivity contribution is 7.89. The Morgan fingerprint density at radius 1 is 1.14 bits per heavy atom. The summed E-state index contributed by atoms with van der Waals surface area (Å²) >= 11 is 6.64. The minimum absolute atomic E-state index is 0.0318. The van der Waals surface area contributed by atoms with Crippen molar-refractivity contribution in [2.24, 2.45) is 5.73 Å². The fourth-order valence-corrected chi connectivity index (χ4v) is 5.23. The first-order valence-corrected chi connectivity index (χ1v) is 13.0. The number of halogens is 1. The predicted octanol–water partition coefficient (Wildman–Crippen LogP) is 2.98. The van der Waals surface area contributed by atoms with Gasteiger partial charge in [0.05, 0.1) is 15.6 Å². The molecule has 0 atom stereocenters. The van der Waals surface area contributed by atoms with Crippen molar-refractivity contribution in [3.05, 3.63) is 75.5 Å². The highest BCUT2D eigenvalue weighted by Crippen LogP contribution is 2.31. The summed E-state index contributed by atoms with van der Waals surface area (Å²) in [4.78, 5) is 13.4. The number of rotatable bonds is 9. The summed E-state index contributed by atoms with van der Waals surface area (Å²) in [5, 5.41) is 11.1. The van der Waals surface area contributed by atoms with Gasteiger partial charge in [-0.1, -0.05) is 23.7 Å². The second kappa shape index (κ2) is 10.1. The van der Waals surface area contributed by atoms with E-state index in [4.69, 9.17) is 28.5 Å². The molecule has 1 heterocycles. The molecule has 0 aliphatic heterocycles. The van der Waals surface area contributed by atoms with Crippen molar-refractivity contribution in [2.45, 2.75) is 36.7 Å². The summed E-state index contributed by atoms with van der Waals surface area (Å²) in [7, 11) is -3.85. The van der Waals surface area contributed by atoms with Crippen molar-refractivity contribution in [1.82, 2.24) is 9.29 Å². The fourth-order valence-electron chi connectivity index (χ4n) is 3.89. The third-order valence-electron chi connectivity index (χ3n) is 5.97. The Balaban J connectivity index is 1.62. The molecule has 0 amide bonds. The quantitative estimate of drug-likeness (QED) is 0.168. The third kappa shape index (κ3) is 5.50. The molecular formula is C24H27ClN6O3S. The van der Waals surface area contributed by atoms with E-state index in [0.717, 1.165) is 19.3 Å². The maximum atomic E-state index is 13.4. The monoisotopic (exact) mass is 514 g/mol. The van der Waals surface area contributed by atoms with Crippen molar-refractivity contribution >= 4 is 38.8 Å². The van der Waals surface area contributed by atoms with Crippen LogP contribution in [0.4, 0.5) is 11.4 Å². The molecule has 1 aliphatic rings. The number of anilines is 2. The van der Waals surface area contributed by atoms with E-state index in [0.29, 0.717) is 33.2 Å². The number of aromatic nitrogens is 1. The van der Waals surface area contributed by atoms with Crippen LogP contribution in [0.1, 0.15) is 24.8 Å². The average Bonchev–Trinajstić information content (AvgIpc) is 2.78. The number of nitrogen functional groups attached to an aromatic ring is 2. The number of hydrogen-bond donors (Lipinski definition) is 5. The minimum atomic E-state index is -3.85. The summed E-state index contributed by atoms with van der Waals surface area (Å²) in [6.45, 7) is 0.00284. The lowest BCUT2D eigenvalue weighted by Crippen LogP contribution is -2.35. The van der Waals surface area contributed by atoms with Gasteiger partial charge in [0.2, 0.25) is 10.0 Å². The molecule has 0 radical (unpaired) electrons. The number of sulfonamides is 1. The second-order valence-corrected chi connectivity index (χ2v) is 10.6. The normalized spacial score (nSPS) is 13.9. The Bertz CT molecular complexity index is 1420. The van der Waals surface area contributed by atoms with Crippen molar-refractivity contribution in [1.29, 1.82) is 5.41 Å². The van der Waals surface area contributed by atoms with Crippen LogP contribution in [0.5, 0.6) is 0 Å². The Morgan fingerprint density at radius 2 is 1.86 bits per heavy atom. The molecule has 35 heavy (non-hydrogen) atoms. The smallest absolute Gasteiger partial charge is 0.274 e. The zero-order valence-corrected chi connectivity index (χ0v) is 20.5. The molecule has 1 fully saturated rings. The number of pyridine rings is 1. The van der Waals surface area contributed by atoms with E-state index in [2.05, 4.69) is 10.0 Å². The zero-order chi connectivity index (χ0) is 25.2. The molecule has 0 unspecified atom stereocenters. The predicted molar refractivity (Wildman–Crippen MR) is 139 cm³/mol. The molecule has 0 saturated heterocycles. The van der Waals surface area contributed by atoms with E-state index >= 15 is 0 Å². The lowest BCUT2D eigenvalue weighted by atomic mass is 9.93. The Morgan fingerprint density at radius 3 is 2.46 bits per heavy atom. The van der Waals surface area contributed by atoms with Crippen LogP contribution < -0.4 is 27.1 Å². The molecule has 2 aromatic carbocycles. The van der Waals surface area contributed by atoms with Gasteiger partial charge in [-0.25, -0.2) is 13.1 Å². The van der Waals surface area contributed by atoms with Gasteiger partial charge in [-0.3, -0.25) is 10.2 Å². The highest BCUT2D eigenvalue weighted by Gasteiger charge is 2.22. The van der Waals surface area contributed by atoms with Gasteiger partial charge in [0, 0.05) is 35.9 Å². The Labute approximate surface area is 208 Å². The van der Waals surface area contributed by atoms with Crippen LogP contribution >= 0.6 is 11.6 Å². The van der Waals surface area contributed by atoms with Gasteiger partial charge in [-0.2, -0.15) is 0 Å². The first-order chi connectivity index (χ1) is 16.7. The molecule has 9 nitrogen and oxygen atoms in total. The van der Waals surface area contributed by atoms with Gasteiger partial charge >= 0.3 is 0 Å². The van der Waals surface area contributed by atoms with E-state index in [-0.39, 0.29) is 35.4 Å². The highest BCUT2D eigenvalue weighted by atomic mass is 35.5. The van der Waals surface area contributed by atoms with Crippen molar-refractivity contribution in [3.63, 3.8) is 0 Å². The van der Waals surface area contributed by atoms with Crippen LogP contribution in [-0.2, 0) is 16.6 Å².